The number of hydrogen-bond donors (Lipinski definition) is 0. The molecule has 0 saturated carbocycles. The van der Waals surface area contributed by atoms with Crippen molar-refractivity contribution in [2.45, 2.75) is 11.6 Å². The first kappa shape index (κ1) is 13.1. The van der Waals surface area contributed by atoms with Gasteiger partial charge >= 0.3 is 0 Å². The van der Waals surface area contributed by atoms with Gasteiger partial charge in [-0.25, -0.2) is 0 Å². The van der Waals surface area contributed by atoms with Crippen LogP contribution in [0.4, 0.5) is 0 Å². The van der Waals surface area contributed by atoms with E-state index < -0.39 is 0 Å². The molecule has 0 unspecified atom stereocenters. The molecule has 1 heterocycles. The van der Waals surface area contributed by atoms with Crippen LogP contribution >= 0.6 is 11.8 Å². The molecule has 0 radical (unpaired) electrons. The van der Waals surface area contributed by atoms with Crippen LogP contribution in [0.5, 0.6) is 0 Å². The van der Waals surface area contributed by atoms with Gasteiger partial charge in [-0.1, -0.05) is 42.1 Å². The molecule has 96 valence electrons. The Balaban J connectivity index is 1.86. The van der Waals surface area contributed by atoms with Gasteiger partial charge in [0.1, 0.15) is 0 Å². The lowest BCUT2D eigenvalue weighted by Crippen LogP contribution is -2.14. The van der Waals surface area contributed by atoms with Crippen LogP contribution in [0.3, 0.4) is 0 Å². The highest BCUT2D eigenvalue weighted by molar-refractivity contribution is 7.99. The molecule has 4 nitrogen and oxygen atoms in total. The van der Waals surface area contributed by atoms with Crippen LogP contribution in [-0.2, 0) is 6.42 Å². The van der Waals surface area contributed by atoms with Gasteiger partial charge in [0, 0.05) is 12.3 Å². The number of aromatic nitrogens is 2. The van der Waals surface area contributed by atoms with E-state index >= 15 is 0 Å². The van der Waals surface area contributed by atoms with Crippen molar-refractivity contribution in [2.75, 3.05) is 26.4 Å². The van der Waals surface area contributed by atoms with Gasteiger partial charge in [0.25, 0.3) is 5.22 Å². The van der Waals surface area contributed by atoms with Crippen molar-refractivity contribution in [2.24, 2.45) is 0 Å². The fourth-order valence-electron chi connectivity index (χ4n) is 1.45. The molecule has 5 heteroatoms. The summed E-state index contributed by atoms with van der Waals surface area (Å²) in [5.41, 5.74) is 1.19. The monoisotopic (exact) mass is 263 g/mol. The van der Waals surface area contributed by atoms with E-state index in [9.17, 15) is 0 Å². The first-order valence-electron chi connectivity index (χ1n) is 5.88. The molecule has 0 fully saturated rings. The van der Waals surface area contributed by atoms with Crippen LogP contribution in [0.2, 0.25) is 0 Å². The van der Waals surface area contributed by atoms with Crippen molar-refractivity contribution in [1.29, 1.82) is 0 Å². The number of hydrogen-bond acceptors (Lipinski definition) is 5. The standard InChI is InChI=1S/C13H17N3OS/c1-16(2)8-9-18-13-15-14-12(17-13)10-11-6-4-3-5-7-11/h3-7H,8-10H2,1-2H3. The van der Waals surface area contributed by atoms with E-state index in [2.05, 4.69) is 41.3 Å². The average Bonchev–Trinajstić information content (AvgIpc) is 2.78. The van der Waals surface area contributed by atoms with Crippen molar-refractivity contribution in [3.63, 3.8) is 0 Å². The van der Waals surface area contributed by atoms with Gasteiger partial charge in [-0.2, -0.15) is 0 Å². The van der Waals surface area contributed by atoms with Gasteiger partial charge in [0.15, 0.2) is 0 Å². The normalized spacial score (nSPS) is 11.1. The summed E-state index contributed by atoms with van der Waals surface area (Å²) >= 11 is 1.60. The second-order valence-electron chi connectivity index (χ2n) is 4.28. The summed E-state index contributed by atoms with van der Waals surface area (Å²) in [6.07, 6.45) is 0.697. The number of benzene rings is 1. The maximum absolute atomic E-state index is 5.59. The third kappa shape index (κ3) is 4.16. The summed E-state index contributed by atoms with van der Waals surface area (Å²) in [4.78, 5) is 2.13. The molecule has 1 aromatic heterocycles. The SMILES string of the molecule is CN(C)CCSc1nnc(Cc2ccccc2)o1. The first-order valence-corrected chi connectivity index (χ1v) is 6.86. The molecule has 1 aromatic carbocycles. The Kier molecular flexibility index (Phi) is 4.78. The minimum atomic E-state index is 0.655. The predicted molar refractivity (Wildman–Crippen MR) is 72.8 cm³/mol. The van der Waals surface area contributed by atoms with E-state index in [-0.39, 0.29) is 0 Å². The summed E-state index contributed by atoms with van der Waals surface area (Å²) in [5, 5.41) is 8.75. The maximum Gasteiger partial charge on any atom is 0.276 e. The summed E-state index contributed by atoms with van der Waals surface area (Å²) in [6, 6.07) is 10.1. The van der Waals surface area contributed by atoms with Gasteiger partial charge in [0.05, 0.1) is 6.42 Å². The minimum absolute atomic E-state index is 0.655. The highest BCUT2D eigenvalue weighted by Crippen LogP contribution is 2.17. The molecule has 0 amide bonds. The average molecular weight is 263 g/mol. The molecule has 18 heavy (non-hydrogen) atoms. The van der Waals surface area contributed by atoms with Crippen molar-refractivity contribution in [3.8, 4) is 0 Å². The molecule has 0 aliphatic rings. The molecule has 2 rings (SSSR count). The van der Waals surface area contributed by atoms with E-state index in [0.29, 0.717) is 17.5 Å². The lowest BCUT2D eigenvalue weighted by Gasteiger charge is -2.06. The molecule has 0 saturated heterocycles. The zero-order valence-electron chi connectivity index (χ0n) is 10.7. The third-order valence-corrected chi connectivity index (χ3v) is 3.21. The zero-order chi connectivity index (χ0) is 12.8. The Morgan fingerprint density at radius 1 is 1.17 bits per heavy atom. The molecule has 0 aliphatic carbocycles. The van der Waals surface area contributed by atoms with E-state index in [1.54, 1.807) is 11.8 Å². The Labute approximate surface area is 111 Å². The van der Waals surface area contributed by atoms with Crippen molar-refractivity contribution in [3.05, 3.63) is 41.8 Å². The molecule has 0 N–H and O–H groups in total. The van der Waals surface area contributed by atoms with Gasteiger partial charge in [-0.05, 0) is 19.7 Å². The molecule has 0 spiro atoms. The Bertz CT molecular complexity index is 470. The highest BCUT2D eigenvalue weighted by Gasteiger charge is 2.07. The minimum Gasteiger partial charge on any atom is -0.416 e. The molecule has 0 atom stereocenters. The quantitative estimate of drug-likeness (QED) is 0.748. The Morgan fingerprint density at radius 2 is 1.94 bits per heavy atom. The zero-order valence-corrected chi connectivity index (χ0v) is 11.5. The van der Waals surface area contributed by atoms with Gasteiger partial charge in [-0.3, -0.25) is 0 Å². The van der Waals surface area contributed by atoms with Crippen LogP contribution in [0.15, 0.2) is 40.0 Å². The van der Waals surface area contributed by atoms with E-state index in [4.69, 9.17) is 4.42 Å². The molecule has 0 bridgehead atoms. The predicted octanol–water partition coefficient (Wildman–Crippen LogP) is 2.31. The molecule has 2 aromatic rings. The van der Waals surface area contributed by atoms with Crippen LogP contribution < -0.4 is 0 Å². The van der Waals surface area contributed by atoms with Gasteiger partial charge in [0.2, 0.25) is 5.89 Å². The van der Waals surface area contributed by atoms with Crippen LogP contribution in [0.25, 0.3) is 0 Å². The second-order valence-corrected chi connectivity index (χ2v) is 5.32. The van der Waals surface area contributed by atoms with Gasteiger partial charge < -0.3 is 9.32 Å². The molecular formula is C13H17N3OS. The smallest absolute Gasteiger partial charge is 0.276 e. The van der Waals surface area contributed by atoms with Crippen molar-refractivity contribution < 1.29 is 4.42 Å². The number of rotatable bonds is 6. The third-order valence-electron chi connectivity index (χ3n) is 2.41. The van der Waals surface area contributed by atoms with E-state index in [0.717, 1.165) is 12.3 Å². The lowest BCUT2D eigenvalue weighted by atomic mass is 10.2. The second kappa shape index (κ2) is 6.56. The van der Waals surface area contributed by atoms with Crippen LogP contribution in [-0.4, -0.2) is 41.5 Å². The fourth-order valence-corrected chi connectivity index (χ4v) is 2.34. The van der Waals surface area contributed by atoms with Gasteiger partial charge in [-0.15, -0.1) is 10.2 Å². The largest absolute Gasteiger partial charge is 0.416 e. The van der Waals surface area contributed by atoms with E-state index in [1.807, 2.05) is 18.2 Å². The van der Waals surface area contributed by atoms with E-state index in [1.165, 1.54) is 5.56 Å². The highest BCUT2D eigenvalue weighted by atomic mass is 32.2. The Morgan fingerprint density at radius 3 is 2.67 bits per heavy atom. The van der Waals surface area contributed by atoms with Crippen LogP contribution in [0.1, 0.15) is 11.5 Å². The number of nitrogens with zero attached hydrogens (tertiary/aromatic N) is 3. The summed E-state index contributed by atoms with van der Waals surface area (Å²) in [7, 11) is 4.10. The first-order chi connectivity index (χ1) is 8.74. The topological polar surface area (TPSA) is 42.2 Å². The van der Waals surface area contributed by atoms with Crippen LogP contribution in [0, 0.1) is 0 Å². The summed E-state index contributed by atoms with van der Waals surface area (Å²) < 4.78 is 5.59. The Hall–Kier alpha value is -1.33. The molecular weight excluding hydrogens is 246 g/mol. The summed E-state index contributed by atoms with van der Waals surface area (Å²) in [6.45, 7) is 1.00. The molecule has 0 aliphatic heterocycles. The summed E-state index contributed by atoms with van der Waals surface area (Å²) in [5.74, 6) is 1.63. The lowest BCUT2D eigenvalue weighted by molar-refractivity contribution is 0.416. The van der Waals surface area contributed by atoms with Crippen molar-refractivity contribution in [1.82, 2.24) is 15.1 Å². The number of thioether (sulfide) groups is 1. The maximum atomic E-state index is 5.59. The fraction of sp³-hybridized carbons (Fsp3) is 0.385. The van der Waals surface area contributed by atoms with Crippen molar-refractivity contribution >= 4 is 11.8 Å².